The zero-order chi connectivity index (χ0) is 24.9. The number of aliphatic hydroxyl groups is 1. The second-order valence-corrected chi connectivity index (χ2v) is 10.7. The summed E-state index contributed by atoms with van der Waals surface area (Å²) in [5.74, 6) is -1.43. The molecular weight excluding hydrogens is 476 g/mol. The van der Waals surface area contributed by atoms with Crippen LogP contribution in [-0.2, 0) is 4.79 Å². The molecule has 0 aliphatic carbocycles. The standard InChI is InChI=1S/C28H24N2O3S2/c1-15-10-11-20(14-17(15)3)30-22(25-16(2)12-13-34-25)21(24(32)28(30)33)23(31)26-18(4)29-27(35-26)19-8-6-5-7-9-19/h5-14,22,32H,1-4H3. The first kappa shape index (κ1) is 23.2. The van der Waals surface area contributed by atoms with Gasteiger partial charge in [-0.1, -0.05) is 36.4 Å². The molecule has 7 heteroatoms. The van der Waals surface area contributed by atoms with E-state index in [1.165, 1.54) is 22.7 Å². The van der Waals surface area contributed by atoms with E-state index in [2.05, 4.69) is 4.98 Å². The molecule has 176 valence electrons. The molecule has 0 saturated carbocycles. The number of hydrogen-bond acceptors (Lipinski definition) is 6. The number of rotatable bonds is 5. The quantitative estimate of drug-likeness (QED) is 0.303. The van der Waals surface area contributed by atoms with Gasteiger partial charge in [-0.3, -0.25) is 14.5 Å². The number of thiophene rings is 1. The van der Waals surface area contributed by atoms with E-state index in [-0.39, 0.29) is 11.4 Å². The van der Waals surface area contributed by atoms with E-state index in [1.54, 1.807) is 11.8 Å². The first-order chi connectivity index (χ1) is 16.8. The van der Waals surface area contributed by atoms with Crippen LogP contribution in [0.1, 0.15) is 43.0 Å². The van der Waals surface area contributed by atoms with Crippen molar-refractivity contribution in [2.45, 2.75) is 33.7 Å². The van der Waals surface area contributed by atoms with Crippen LogP contribution in [-0.4, -0.2) is 21.8 Å². The molecule has 0 bridgehead atoms. The molecule has 5 rings (SSSR count). The van der Waals surface area contributed by atoms with Gasteiger partial charge in [-0.2, -0.15) is 0 Å². The highest BCUT2D eigenvalue weighted by atomic mass is 32.1. The second-order valence-electron chi connectivity index (χ2n) is 8.71. The Labute approximate surface area is 212 Å². The Morgan fingerprint density at radius 2 is 1.71 bits per heavy atom. The van der Waals surface area contributed by atoms with Crippen LogP contribution in [0.4, 0.5) is 5.69 Å². The number of aliphatic hydroxyl groups excluding tert-OH is 1. The molecule has 1 aliphatic heterocycles. The number of Topliss-reactive ketones (excluding diaryl/α,β-unsaturated/α-hetero) is 1. The van der Waals surface area contributed by atoms with Gasteiger partial charge in [0, 0.05) is 16.1 Å². The Balaban J connectivity index is 1.64. The van der Waals surface area contributed by atoms with Gasteiger partial charge in [-0.05, 0) is 68.0 Å². The number of amides is 1. The topological polar surface area (TPSA) is 70.5 Å². The summed E-state index contributed by atoms with van der Waals surface area (Å²) in [4.78, 5) is 34.8. The number of aromatic nitrogens is 1. The molecule has 5 nitrogen and oxygen atoms in total. The van der Waals surface area contributed by atoms with Crippen molar-refractivity contribution >= 4 is 40.1 Å². The molecule has 0 radical (unpaired) electrons. The Morgan fingerprint density at radius 3 is 2.37 bits per heavy atom. The first-order valence-electron chi connectivity index (χ1n) is 11.2. The van der Waals surface area contributed by atoms with E-state index in [4.69, 9.17) is 0 Å². The highest BCUT2D eigenvalue weighted by Crippen LogP contribution is 2.45. The predicted octanol–water partition coefficient (Wildman–Crippen LogP) is 6.89. The third-order valence-corrected chi connectivity index (χ3v) is 8.67. The summed E-state index contributed by atoms with van der Waals surface area (Å²) in [6.45, 7) is 7.73. The highest BCUT2D eigenvalue weighted by Gasteiger charge is 2.46. The molecule has 4 aromatic rings. The molecule has 2 aromatic carbocycles. The number of carbonyl (C=O) groups excluding carboxylic acids is 2. The minimum absolute atomic E-state index is 0.102. The van der Waals surface area contributed by atoms with Crippen LogP contribution in [0, 0.1) is 27.7 Å². The maximum absolute atomic E-state index is 14.0. The number of ketones is 1. The summed E-state index contributed by atoms with van der Waals surface area (Å²) in [6, 6.07) is 16.7. The van der Waals surface area contributed by atoms with Crippen LogP contribution < -0.4 is 4.90 Å². The molecule has 0 fully saturated rings. The molecule has 2 aromatic heterocycles. The number of hydrogen-bond donors (Lipinski definition) is 1. The maximum Gasteiger partial charge on any atom is 0.294 e. The lowest BCUT2D eigenvalue weighted by Gasteiger charge is -2.27. The summed E-state index contributed by atoms with van der Waals surface area (Å²) in [7, 11) is 0. The molecule has 1 aliphatic rings. The number of nitrogens with zero attached hydrogens (tertiary/aromatic N) is 2. The molecule has 1 unspecified atom stereocenters. The van der Waals surface area contributed by atoms with Crippen molar-refractivity contribution in [1.29, 1.82) is 0 Å². The molecule has 1 amide bonds. The normalized spacial score (nSPS) is 15.8. The number of carbonyl (C=O) groups is 2. The van der Waals surface area contributed by atoms with Crippen LogP contribution in [0.25, 0.3) is 10.6 Å². The van der Waals surface area contributed by atoms with Crippen molar-refractivity contribution in [2.75, 3.05) is 4.90 Å². The van der Waals surface area contributed by atoms with Gasteiger partial charge in [-0.15, -0.1) is 22.7 Å². The number of thiazole rings is 1. The molecule has 0 saturated heterocycles. The largest absolute Gasteiger partial charge is 0.503 e. The summed E-state index contributed by atoms with van der Waals surface area (Å²) in [6.07, 6.45) is 0. The third-order valence-electron chi connectivity index (χ3n) is 6.40. The van der Waals surface area contributed by atoms with E-state index in [9.17, 15) is 14.7 Å². The van der Waals surface area contributed by atoms with Crippen LogP contribution in [0.2, 0.25) is 0 Å². The Morgan fingerprint density at radius 1 is 0.971 bits per heavy atom. The fourth-order valence-electron chi connectivity index (χ4n) is 4.33. The fourth-order valence-corrected chi connectivity index (χ4v) is 6.38. The number of benzene rings is 2. The van der Waals surface area contributed by atoms with Crippen molar-refractivity contribution in [2.24, 2.45) is 0 Å². The average molecular weight is 501 g/mol. The van der Waals surface area contributed by atoms with E-state index in [0.717, 1.165) is 32.1 Å². The van der Waals surface area contributed by atoms with Gasteiger partial charge in [0.25, 0.3) is 5.91 Å². The van der Waals surface area contributed by atoms with Gasteiger partial charge in [0.05, 0.1) is 16.1 Å². The van der Waals surface area contributed by atoms with Crippen molar-refractivity contribution in [3.63, 3.8) is 0 Å². The number of anilines is 1. The summed E-state index contributed by atoms with van der Waals surface area (Å²) in [5, 5.41) is 13.7. The van der Waals surface area contributed by atoms with Crippen LogP contribution in [0.5, 0.6) is 0 Å². The fraction of sp³-hybridized carbons (Fsp3) is 0.179. The van der Waals surface area contributed by atoms with Gasteiger partial charge in [0.2, 0.25) is 5.78 Å². The molecule has 1 N–H and O–H groups in total. The van der Waals surface area contributed by atoms with Crippen molar-refractivity contribution in [3.05, 3.63) is 103 Å². The lowest BCUT2D eigenvalue weighted by atomic mass is 9.98. The molecule has 3 heterocycles. The number of aryl methyl sites for hydroxylation is 4. The Hall–Kier alpha value is -3.55. The van der Waals surface area contributed by atoms with E-state index < -0.39 is 17.7 Å². The van der Waals surface area contributed by atoms with Gasteiger partial charge >= 0.3 is 0 Å². The molecule has 35 heavy (non-hydrogen) atoms. The Bertz CT molecular complexity index is 1500. The van der Waals surface area contributed by atoms with Crippen LogP contribution in [0.3, 0.4) is 0 Å². The van der Waals surface area contributed by atoms with Gasteiger partial charge in [0.1, 0.15) is 11.0 Å². The molecule has 1 atom stereocenters. The minimum Gasteiger partial charge on any atom is -0.503 e. The van der Waals surface area contributed by atoms with Gasteiger partial charge in [0.15, 0.2) is 5.76 Å². The first-order valence-corrected chi connectivity index (χ1v) is 12.9. The smallest absolute Gasteiger partial charge is 0.294 e. The van der Waals surface area contributed by atoms with Gasteiger partial charge in [-0.25, -0.2) is 4.98 Å². The third kappa shape index (κ3) is 3.90. The van der Waals surface area contributed by atoms with Crippen molar-refractivity contribution in [3.8, 4) is 10.6 Å². The molecule has 0 spiro atoms. The zero-order valence-corrected chi connectivity index (χ0v) is 21.5. The maximum atomic E-state index is 14.0. The monoisotopic (exact) mass is 500 g/mol. The zero-order valence-electron chi connectivity index (χ0n) is 19.8. The average Bonchev–Trinajstić information content (AvgIpc) is 3.52. The lowest BCUT2D eigenvalue weighted by molar-refractivity contribution is -0.117. The van der Waals surface area contributed by atoms with Crippen LogP contribution in [0.15, 0.2) is 71.3 Å². The summed E-state index contributed by atoms with van der Waals surface area (Å²) in [5.41, 5.74) is 5.35. The van der Waals surface area contributed by atoms with Crippen molar-refractivity contribution in [1.82, 2.24) is 4.98 Å². The van der Waals surface area contributed by atoms with Crippen molar-refractivity contribution < 1.29 is 14.7 Å². The van der Waals surface area contributed by atoms with Crippen LogP contribution >= 0.6 is 22.7 Å². The Kier molecular flexibility index (Phi) is 5.91. The SMILES string of the molecule is Cc1ccc(N2C(=O)C(O)=C(C(=O)c3sc(-c4ccccc4)nc3C)C2c2sccc2C)cc1C. The lowest BCUT2D eigenvalue weighted by Crippen LogP contribution is -2.31. The van der Waals surface area contributed by atoms with E-state index >= 15 is 0 Å². The van der Waals surface area contributed by atoms with E-state index in [0.29, 0.717) is 16.3 Å². The second kappa shape index (κ2) is 8.91. The predicted molar refractivity (Wildman–Crippen MR) is 141 cm³/mol. The molecular formula is C28H24N2O3S2. The summed E-state index contributed by atoms with van der Waals surface area (Å²) >= 11 is 2.76. The highest BCUT2D eigenvalue weighted by molar-refractivity contribution is 7.17. The van der Waals surface area contributed by atoms with E-state index in [1.807, 2.05) is 80.7 Å². The summed E-state index contributed by atoms with van der Waals surface area (Å²) < 4.78 is 0. The minimum atomic E-state index is -0.709. The van der Waals surface area contributed by atoms with Gasteiger partial charge < -0.3 is 5.11 Å².